The van der Waals surface area contributed by atoms with Crippen LogP contribution in [0.1, 0.15) is 32.4 Å². The van der Waals surface area contributed by atoms with E-state index in [9.17, 15) is 4.79 Å². The molecule has 1 rings (SSSR count). The van der Waals surface area contributed by atoms with Gasteiger partial charge < -0.3 is 10.5 Å². The summed E-state index contributed by atoms with van der Waals surface area (Å²) in [4.78, 5) is 11.6. The second kappa shape index (κ2) is 5.66. The van der Waals surface area contributed by atoms with Crippen molar-refractivity contribution in [3.05, 3.63) is 35.9 Å². The Kier molecular flexibility index (Phi) is 4.50. The molecule has 0 aliphatic heterocycles. The van der Waals surface area contributed by atoms with E-state index in [2.05, 4.69) is 0 Å². The molecule has 1 aromatic rings. The van der Waals surface area contributed by atoms with Crippen LogP contribution in [0, 0.1) is 5.92 Å². The van der Waals surface area contributed by atoms with E-state index >= 15 is 0 Å². The van der Waals surface area contributed by atoms with Crippen LogP contribution in [0.25, 0.3) is 0 Å². The van der Waals surface area contributed by atoms with Gasteiger partial charge in [-0.15, -0.1) is 0 Å². The van der Waals surface area contributed by atoms with Crippen molar-refractivity contribution < 1.29 is 9.53 Å². The van der Waals surface area contributed by atoms with Crippen molar-refractivity contribution in [1.82, 2.24) is 0 Å². The minimum absolute atomic E-state index is 0.0930. The Morgan fingerprint density at radius 2 is 1.75 bits per heavy atom. The number of benzene rings is 1. The highest BCUT2D eigenvalue weighted by Crippen LogP contribution is 2.17. The van der Waals surface area contributed by atoms with E-state index in [1.165, 1.54) is 0 Å². The molecule has 0 heterocycles. The highest BCUT2D eigenvalue weighted by molar-refractivity contribution is 5.76. The van der Waals surface area contributed by atoms with Crippen molar-refractivity contribution in [2.75, 3.05) is 0 Å². The molecule has 2 atom stereocenters. The normalized spacial score (nSPS) is 14.6. The van der Waals surface area contributed by atoms with E-state index in [4.69, 9.17) is 10.5 Å². The molecule has 0 aromatic heterocycles. The first-order valence-electron chi connectivity index (χ1n) is 5.53. The Morgan fingerprint density at radius 1 is 1.19 bits per heavy atom. The average Bonchev–Trinajstić information content (AvgIpc) is 2.28. The Morgan fingerprint density at radius 3 is 2.25 bits per heavy atom. The van der Waals surface area contributed by atoms with Gasteiger partial charge in [-0.05, 0) is 18.4 Å². The van der Waals surface area contributed by atoms with Gasteiger partial charge in [0.2, 0.25) is 0 Å². The van der Waals surface area contributed by atoms with Gasteiger partial charge in [0.1, 0.15) is 12.1 Å². The first-order chi connectivity index (χ1) is 7.52. The predicted molar refractivity (Wildman–Crippen MR) is 63.8 cm³/mol. The van der Waals surface area contributed by atoms with Crippen LogP contribution in [0.4, 0.5) is 0 Å². The van der Waals surface area contributed by atoms with Crippen molar-refractivity contribution in [2.45, 2.75) is 32.9 Å². The summed E-state index contributed by atoms with van der Waals surface area (Å²) in [5, 5.41) is 0. The minimum Gasteiger partial charge on any atom is -0.457 e. The topological polar surface area (TPSA) is 52.3 Å². The van der Waals surface area contributed by atoms with Crippen LogP contribution in [0.3, 0.4) is 0 Å². The largest absolute Gasteiger partial charge is 0.457 e. The third-order valence-electron chi connectivity index (χ3n) is 2.55. The summed E-state index contributed by atoms with van der Waals surface area (Å²) in [6, 6.07) is 9.07. The number of carbonyl (C=O) groups excluding carboxylic acids is 1. The Balaban J connectivity index is 2.58. The molecule has 0 aliphatic carbocycles. The molecule has 0 saturated heterocycles. The van der Waals surface area contributed by atoms with Crippen molar-refractivity contribution in [1.29, 1.82) is 0 Å². The third kappa shape index (κ3) is 3.35. The first kappa shape index (κ1) is 12.7. The number of nitrogens with two attached hydrogens (primary N) is 1. The SMILES string of the molecule is CC(C)[C@H](N)C(=O)O[C@H](C)c1ccccc1. The standard InChI is InChI=1S/C13H19NO2/c1-9(2)12(14)13(15)16-10(3)11-7-5-4-6-8-11/h4-10,12H,14H2,1-3H3/t10-,12+/m1/s1. The fourth-order valence-corrected chi connectivity index (χ4v) is 1.32. The van der Waals surface area contributed by atoms with Crippen LogP contribution >= 0.6 is 0 Å². The van der Waals surface area contributed by atoms with Crippen LogP contribution in [0.15, 0.2) is 30.3 Å². The van der Waals surface area contributed by atoms with E-state index < -0.39 is 6.04 Å². The fourth-order valence-electron chi connectivity index (χ4n) is 1.32. The second-order valence-corrected chi connectivity index (χ2v) is 4.26. The van der Waals surface area contributed by atoms with E-state index in [0.29, 0.717) is 0 Å². The predicted octanol–water partition coefficient (Wildman–Crippen LogP) is 2.27. The Bertz CT molecular complexity index is 335. The maximum absolute atomic E-state index is 11.6. The molecular formula is C13H19NO2. The summed E-state index contributed by atoms with van der Waals surface area (Å²) in [6.07, 6.45) is -0.251. The molecule has 0 radical (unpaired) electrons. The van der Waals surface area contributed by atoms with E-state index in [-0.39, 0.29) is 18.0 Å². The molecule has 0 unspecified atom stereocenters. The molecule has 3 nitrogen and oxygen atoms in total. The van der Waals surface area contributed by atoms with Crippen LogP contribution in [0.2, 0.25) is 0 Å². The molecule has 0 saturated carbocycles. The summed E-state index contributed by atoms with van der Waals surface area (Å²) in [5.41, 5.74) is 6.69. The van der Waals surface area contributed by atoms with Gasteiger partial charge in [0.25, 0.3) is 0 Å². The number of carbonyl (C=O) groups is 1. The lowest BCUT2D eigenvalue weighted by Gasteiger charge is -2.18. The molecular weight excluding hydrogens is 202 g/mol. The van der Waals surface area contributed by atoms with Crippen molar-refractivity contribution in [2.24, 2.45) is 11.7 Å². The van der Waals surface area contributed by atoms with Crippen LogP contribution in [-0.2, 0) is 9.53 Å². The molecule has 0 spiro atoms. The van der Waals surface area contributed by atoms with E-state index in [0.717, 1.165) is 5.56 Å². The van der Waals surface area contributed by atoms with Gasteiger partial charge in [-0.2, -0.15) is 0 Å². The lowest BCUT2D eigenvalue weighted by molar-refractivity contribution is -0.151. The highest BCUT2D eigenvalue weighted by atomic mass is 16.5. The van der Waals surface area contributed by atoms with E-state index in [1.54, 1.807) is 0 Å². The average molecular weight is 221 g/mol. The molecule has 3 heteroatoms. The number of ether oxygens (including phenoxy) is 1. The molecule has 0 amide bonds. The zero-order chi connectivity index (χ0) is 12.1. The Labute approximate surface area is 96.6 Å². The van der Waals surface area contributed by atoms with Gasteiger partial charge >= 0.3 is 5.97 Å². The maximum Gasteiger partial charge on any atom is 0.323 e. The molecule has 16 heavy (non-hydrogen) atoms. The van der Waals surface area contributed by atoms with Gasteiger partial charge in [0.15, 0.2) is 0 Å². The maximum atomic E-state index is 11.6. The summed E-state index contributed by atoms with van der Waals surface area (Å²) >= 11 is 0. The molecule has 0 bridgehead atoms. The molecule has 0 fully saturated rings. The summed E-state index contributed by atoms with van der Waals surface area (Å²) < 4.78 is 5.30. The Hall–Kier alpha value is -1.35. The molecule has 2 N–H and O–H groups in total. The summed E-state index contributed by atoms with van der Waals surface area (Å²) in [5.74, 6) is -0.248. The van der Waals surface area contributed by atoms with Crippen LogP contribution in [-0.4, -0.2) is 12.0 Å². The number of hydrogen-bond donors (Lipinski definition) is 1. The minimum atomic E-state index is -0.550. The van der Waals surface area contributed by atoms with Gasteiger partial charge in [0, 0.05) is 0 Å². The van der Waals surface area contributed by atoms with Crippen molar-refractivity contribution in [3.63, 3.8) is 0 Å². The number of rotatable bonds is 4. The second-order valence-electron chi connectivity index (χ2n) is 4.26. The van der Waals surface area contributed by atoms with Gasteiger partial charge in [-0.25, -0.2) is 0 Å². The lowest BCUT2D eigenvalue weighted by Crippen LogP contribution is -2.37. The summed E-state index contributed by atoms with van der Waals surface area (Å²) in [6.45, 7) is 5.65. The van der Waals surface area contributed by atoms with Crippen LogP contribution < -0.4 is 5.73 Å². The monoisotopic (exact) mass is 221 g/mol. The molecule has 0 aliphatic rings. The first-order valence-corrected chi connectivity index (χ1v) is 5.53. The summed E-state index contributed by atoms with van der Waals surface area (Å²) in [7, 11) is 0. The van der Waals surface area contributed by atoms with Crippen molar-refractivity contribution >= 4 is 5.97 Å². The number of hydrogen-bond acceptors (Lipinski definition) is 3. The molecule has 88 valence electrons. The van der Waals surface area contributed by atoms with Gasteiger partial charge in [-0.1, -0.05) is 44.2 Å². The van der Waals surface area contributed by atoms with Gasteiger partial charge in [0.05, 0.1) is 0 Å². The number of esters is 1. The van der Waals surface area contributed by atoms with Crippen LogP contribution in [0.5, 0.6) is 0 Å². The van der Waals surface area contributed by atoms with Crippen molar-refractivity contribution in [3.8, 4) is 0 Å². The lowest BCUT2D eigenvalue weighted by atomic mass is 10.1. The zero-order valence-electron chi connectivity index (χ0n) is 10.0. The molecule has 1 aromatic carbocycles. The van der Waals surface area contributed by atoms with Gasteiger partial charge in [-0.3, -0.25) is 4.79 Å². The highest BCUT2D eigenvalue weighted by Gasteiger charge is 2.21. The quantitative estimate of drug-likeness (QED) is 0.793. The fraction of sp³-hybridized carbons (Fsp3) is 0.462. The van der Waals surface area contributed by atoms with E-state index in [1.807, 2.05) is 51.1 Å². The third-order valence-corrected chi connectivity index (χ3v) is 2.55. The zero-order valence-corrected chi connectivity index (χ0v) is 10.0. The smallest absolute Gasteiger partial charge is 0.323 e.